The van der Waals surface area contributed by atoms with Crippen LogP contribution in [-0.2, 0) is 0 Å². The van der Waals surface area contributed by atoms with Crippen LogP contribution in [0.3, 0.4) is 0 Å². The lowest BCUT2D eigenvalue weighted by atomic mass is 9.54. The zero-order chi connectivity index (χ0) is 13.9. The molecule has 0 radical (unpaired) electrons. The molecule has 4 aliphatic carbocycles. The largest absolute Gasteiger partial charge is 0.348 e. The van der Waals surface area contributed by atoms with E-state index >= 15 is 0 Å². The zero-order valence-electron chi connectivity index (χ0n) is 11.7. The van der Waals surface area contributed by atoms with Crippen molar-refractivity contribution in [2.24, 2.45) is 23.7 Å². The summed E-state index contributed by atoms with van der Waals surface area (Å²) in [5.74, 6) is 3.56. The quantitative estimate of drug-likeness (QED) is 0.839. The molecule has 4 fully saturated rings. The molecule has 1 aromatic rings. The molecule has 0 saturated heterocycles. The van der Waals surface area contributed by atoms with Gasteiger partial charge in [0.15, 0.2) is 0 Å². The maximum absolute atomic E-state index is 12.5. The number of amides is 1. The minimum atomic E-state index is 0.140. The molecule has 0 atom stereocenters. The Morgan fingerprint density at radius 3 is 2.30 bits per heavy atom. The van der Waals surface area contributed by atoms with Gasteiger partial charge in [0, 0.05) is 6.04 Å². The third-order valence-electron chi connectivity index (χ3n) is 5.61. The Bertz CT molecular complexity index is 505. The molecular weight excluding hydrogens is 334 g/mol. The first-order chi connectivity index (χ1) is 9.60. The Kier molecular flexibility index (Phi) is 3.22. The molecule has 0 aromatic carbocycles. The molecule has 0 unspecified atom stereocenters. The first kappa shape index (κ1) is 13.3. The van der Waals surface area contributed by atoms with Crippen molar-refractivity contribution in [3.63, 3.8) is 0 Å². The minimum Gasteiger partial charge on any atom is -0.348 e. The van der Waals surface area contributed by atoms with E-state index in [1.165, 1.54) is 32.1 Å². The minimum absolute atomic E-state index is 0.140. The van der Waals surface area contributed by atoms with Crippen molar-refractivity contribution in [1.29, 1.82) is 0 Å². The predicted molar refractivity (Wildman–Crippen MR) is 85.1 cm³/mol. The lowest BCUT2D eigenvalue weighted by molar-refractivity contribution is -0.0119. The number of aryl methyl sites for hydroxylation is 1. The van der Waals surface area contributed by atoms with Gasteiger partial charge in [0.25, 0.3) is 5.91 Å². The number of nitrogens with one attached hydrogen (secondary N) is 1. The van der Waals surface area contributed by atoms with Crippen LogP contribution in [-0.4, -0.2) is 11.9 Å². The Labute approximate surface area is 132 Å². The summed E-state index contributed by atoms with van der Waals surface area (Å²) in [6, 6.07) is 2.44. The van der Waals surface area contributed by atoms with E-state index in [0.717, 1.165) is 37.9 Å². The first-order valence-corrected chi connectivity index (χ1v) is 9.28. The van der Waals surface area contributed by atoms with Crippen molar-refractivity contribution < 1.29 is 4.79 Å². The van der Waals surface area contributed by atoms with Gasteiger partial charge in [-0.05, 0) is 90.3 Å². The topological polar surface area (TPSA) is 29.1 Å². The molecule has 1 heterocycles. The van der Waals surface area contributed by atoms with Crippen LogP contribution in [0.1, 0.15) is 47.3 Å². The maximum Gasteiger partial charge on any atom is 0.261 e. The number of hydrogen-bond acceptors (Lipinski definition) is 2. The van der Waals surface area contributed by atoms with Crippen molar-refractivity contribution in [2.45, 2.75) is 45.1 Å². The molecule has 4 aliphatic rings. The van der Waals surface area contributed by atoms with Gasteiger partial charge in [0.1, 0.15) is 0 Å². The second kappa shape index (κ2) is 4.84. The molecule has 5 rings (SSSR count). The van der Waals surface area contributed by atoms with E-state index in [9.17, 15) is 4.79 Å². The summed E-state index contributed by atoms with van der Waals surface area (Å²) in [6.45, 7) is 2.04. The molecule has 2 nitrogen and oxygen atoms in total. The molecule has 4 heteroatoms. The molecule has 108 valence electrons. The van der Waals surface area contributed by atoms with Gasteiger partial charge < -0.3 is 5.32 Å². The number of rotatable bonds is 2. The number of thiophene rings is 1. The van der Waals surface area contributed by atoms with Crippen LogP contribution in [0, 0.1) is 30.6 Å². The van der Waals surface area contributed by atoms with Gasteiger partial charge in [-0.2, -0.15) is 0 Å². The predicted octanol–water partition coefficient (Wildman–Crippen LogP) is 4.37. The molecule has 4 bridgehead atoms. The fourth-order valence-corrected chi connectivity index (χ4v) is 6.39. The van der Waals surface area contributed by atoms with Crippen LogP contribution < -0.4 is 5.32 Å². The fourth-order valence-electron chi connectivity index (χ4n) is 4.96. The maximum atomic E-state index is 12.5. The monoisotopic (exact) mass is 353 g/mol. The highest BCUT2D eigenvalue weighted by atomic mass is 79.9. The SMILES string of the molecule is Cc1cc(C(=O)NC2C3CC4CC(C3)CC2C4)sc1Br. The number of carbonyl (C=O) groups excluding carboxylic acids is 1. The third-order valence-corrected chi connectivity index (χ3v) is 7.74. The first-order valence-electron chi connectivity index (χ1n) is 7.67. The second-order valence-electron chi connectivity index (χ2n) is 7.00. The summed E-state index contributed by atoms with van der Waals surface area (Å²) >= 11 is 5.06. The van der Waals surface area contributed by atoms with E-state index in [1.54, 1.807) is 11.3 Å². The highest BCUT2D eigenvalue weighted by Crippen LogP contribution is 2.53. The van der Waals surface area contributed by atoms with Crippen molar-refractivity contribution in [3.8, 4) is 0 Å². The van der Waals surface area contributed by atoms with E-state index in [4.69, 9.17) is 0 Å². The van der Waals surface area contributed by atoms with Gasteiger partial charge >= 0.3 is 0 Å². The number of halogens is 1. The molecule has 1 N–H and O–H groups in total. The van der Waals surface area contributed by atoms with Gasteiger partial charge in [-0.3, -0.25) is 4.79 Å². The van der Waals surface area contributed by atoms with Gasteiger partial charge in [-0.25, -0.2) is 0 Å². The summed E-state index contributed by atoms with van der Waals surface area (Å²) in [5, 5.41) is 3.37. The molecule has 1 aromatic heterocycles. The lowest BCUT2D eigenvalue weighted by Crippen LogP contribution is -2.55. The summed E-state index contributed by atoms with van der Waals surface area (Å²) in [4.78, 5) is 13.3. The van der Waals surface area contributed by atoms with Gasteiger partial charge in [-0.1, -0.05) is 0 Å². The van der Waals surface area contributed by atoms with Crippen LogP contribution in [0.5, 0.6) is 0 Å². The average molecular weight is 354 g/mol. The highest BCUT2D eigenvalue weighted by Gasteiger charge is 2.48. The lowest BCUT2D eigenvalue weighted by Gasteiger charge is -2.54. The van der Waals surface area contributed by atoms with E-state index in [2.05, 4.69) is 21.2 Å². The van der Waals surface area contributed by atoms with Crippen LogP contribution in [0.2, 0.25) is 0 Å². The highest BCUT2D eigenvalue weighted by molar-refractivity contribution is 9.11. The van der Waals surface area contributed by atoms with Gasteiger partial charge in [0.2, 0.25) is 0 Å². The van der Waals surface area contributed by atoms with Crippen molar-refractivity contribution in [1.82, 2.24) is 5.32 Å². The zero-order valence-corrected chi connectivity index (χ0v) is 14.1. The second-order valence-corrected chi connectivity index (χ2v) is 9.37. The normalized spacial score (nSPS) is 38.2. The van der Waals surface area contributed by atoms with Gasteiger partial charge in [0.05, 0.1) is 8.66 Å². The van der Waals surface area contributed by atoms with Crippen molar-refractivity contribution in [2.75, 3.05) is 0 Å². The molecular formula is C16H20BrNOS. The van der Waals surface area contributed by atoms with Gasteiger partial charge in [-0.15, -0.1) is 11.3 Å². The Hall–Kier alpha value is -0.350. The average Bonchev–Trinajstić information content (AvgIpc) is 2.73. The Morgan fingerprint density at radius 1 is 1.20 bits per heavy atom. The summed E-state index contributed by atoms with van der Waals surface area (Å²) in [5.41, 5.74) is 1.16. The van der Waals surface area contributed by atoms with E-state index in [-0.39, 0.29) is 5.91 Å². The molecule has 0 aliphatic heterocycles. The van der Waals surface area contributed by atoms with Crippen LogP contribution >= 0.6 is 27.3 Å². The van der Waals surface area contributed by atoms with Crippen LogP contribution in [0.25, 0.3) is 0 Å². The van der Waals surface area contributed by atoms with Crippen molar-refractivity contribution in [3.05, 3.63) is 20.3 Å². The fraction of sp³-hybridized carbons (Fsp3) is 0.688. The molecule has 20 heavy (non-hydrogen) atoms. The van der Waals surface area contributed by atoms with Crippen LogP contribution in [0.4, 0.5) is 0 Å². The molecule has 4 saturated carbocycles. The van der Waals surface area contributed by atoms with Crippen LogP contribution in [0.15, 0.2) is 9.85 Å². The van der Waals surface area contributed by atoms with E-state index < -0.39 is 0 Å². The molecule has 1 amide bonds. The summed E-state index contributed by atoms with van der Waals surface area (Å²) < 4.78 is 1.08. The van der Waals surface area contributed by atoms with Crippen molar-refractivity contribution >= 4 is 33.2 Å². The van der Waals surface area contributed by atoms with E-state index in [0.29, 0.717) is 6.04 Å². The smallest absolute Gasteiger partial charge is 0.261 e. The van der Waals surface area contributed by atoms with E-state index in [1.807, 2.05) is 13.0 Å². The number of hydrogen-bond donors (Lipinski definition) is 1. The standard InChI is InChI=1S/C16H20BrNOS/c1-8-2-13(20-15(8)17)16(19)18-14-11-4-9-3-10(6-11)7-12(14)5-9/h2,9-12,14H,3-7H2,1H3,(H,18,19). The Balaban J connectivity index is 1.50. The molecule has 0 spiro atoms. The third kappa shape index (κ3) is 2.16. The number of carbonyl (C=O) groups is 1. The summed E-state index contributed by atoms with van der Waals surface area (Å²) in [6.07, 6.45) is 6.87. The summed E-state index contributed by atoms with van der Waals surface area (Å²) in [7, 11) is 0. The Morgan fingerprint density at radius 2 is 1.80 bits per heavy atom.